The molecule has 3 N–H and O–H groups in total. The number of carboxylic acids is 1. The number of amides is 1. The largest absolute Gasteiger partial charge is 0.476 e. The van der Waals surface area contributed by atoms with E-state index >= 15 is 0 Å². The van der Waals surface area contributed by atoms with Crippen molar-refractivity contribution in [2.45, 2.75) is 25.8 Å². The Balaban J connectivity index is 2.23. The molecule has 0 spiro atoms. The number of nitrogens with zero attached hydrogens (tertiary/aromatic N) is 2. The molecule has 0 saturated heterocycles. The number of benzene rings is 2. The molecule has 3 rings (SSSR count). The van der Waals surface area contributed by atoms with E-state index in [0.717, 1.165) is 6.07 Å². The van der Waals surface area contributed by atoms with Crippen LogP contribution in [0, 0.1) is 11.2 Å². The maximum Gasteiger partial charge on any atom is 0.417 e. The summed E-state index contributed by atoms with van der Waals surface area (Å²) in [7, 11) is 4.85. The van der Waals surface area contributed by atoms with Gasteiger partial charge < -0.3 is 20.5 Å². The first kappa shape index (κ1) is 27.9. The van der Waals surface area contributed by atoms with E-state index < -0.39 is 51.9 Å². The number of halogens is 4. The Morgan fingerprint density at radius 2 is 1.76 bits per heavy atom. The van der Waals surface area contributed by atoms with Gasteiger partial charge in [0, 0.05) is 18.2 Å². The van der Waals surface area contributed by atoms with Crippen molar-refractivity contribution in [2.24, 2.45) is 5.41 Å². The number of hydrogen-bond donors (Lipinski definition) is 3. The molecular weight excluding hydrogens is 496 g/mol. The van der Waals surface area contributed by atoms with Gasteiger partial charge in [0.05, 0.1) is 17.7 Å². The van der Waals surface area contributed by atoms with Crippen molar-refractivity contribution in [1.29, 1.82) is 0 Å². The molecule has 1 unspecified atom stereocenters. The number of carboxylic acid groups (broad SMARTS) is 1. The molecule has 0 aliphatic carbocycles. The molecule has 1 aliphatic heterocycles. The van der Waals surface area contributed by atoms with Gasteiger partial charge in [-0.15, -0.1) is 0 Å². The lowest BCUT2D eigenvalue weighted by Crippen LogP contribution is -2.72. The van der Waals surface area contributed by atoms with Crippen molar-refractivity contribution >= 4 is 17.6 Å². The molecule has 12 heteroatoms. The molecule has 2 aromatic carbocycles. The smallest absolute Gasteiger partial charge is 0.417 e. The molecule has 8 nitrogen and oxygen atoms in total. The Morgan fingerprint density at radius 3 is 2.27 bits per heavy atom. The number of rotatable bonds is 8. The minimum Gasteiger partial charge on any atom is -0.476 e. The van der Waals surface area contributed by atoms with E-state index in [-0.39, 0.29) is 18.5 Å². The molecule has 0 aromatic heterocycles. The average Bonchev–Trinajstić information content (AvgIpc) is 3.16. The summed E-state index contributed by atoms with van der Waals surface area (Å²) >= 11 is 0. The summed E-state index contributed by atoms with van der Waals surface area (Å²) in [5.74, 6) is -5.58. The van der Waals surface area contributed by atoms with Gasteiger partial charge in [0.25, 0.3) is 5.91 Å². The zero-order valence-corrected chi connectivity index (χ0v) is 20.9. The topological polar surface area (TPSA) is 94.1 Å². The van der Waals surface area contributed by atoms with Crippen molar-refractivity contribution in [3.8, 4) is 0 Å². The Bertz CT molecular complexity index is 1210. The third kappa shape index (κ3) is 4.98. The van der Waals surface area contributed by atoms with Gasteiger partial charge in [-0.1, -0.05) is 32.0 Å². The number of anilines is 1. The lowest BCUT2D eigenvalue weighted by Gasteiger charge is -2.54. The number of methoxy groups -OCH3 is 1. The minimum atomic E-state index is -5.02. The van der Waals surface area contributed by atoms with Crippen LogP contribution in [-0.2, 0) is 15.7 Å². The Kier molecular flexibility index (Phi) is 7.57. The highest BCUT2D eigenvalue weighted by molar-refractivity contribution is 6.00. The summed E-state index contributed by atoms with van der Waals surface area (Å²) in [6.45, 7) is 3.75. The van der Waals surface area contributed by atoms with Crippen LogP contribution in [-0.4, -0.2) is 55.5 Å². The van der Waals surface area contributed by atoms with Gasteiger partial charge in [0.15, 0.2) is 11.5 Å². The van der Waals surface area contributed by atoms with E-state index in [0.29, 0.717) is 11.8 Å². The highest BCUT2D eigenvalue weighted by atomic mass is 19.4. The van der Waals surface area contributed by atoms with Crippen LogP contribution in [0.1, 0.15) is 29.8 Å². The van der Waals surface area contributed by atoms with Crippen molar-refractivity contribution in [2.75, 3.05) is 32.7 Å². The van der Waals surface area contributed by atoms with E-state index in [1.54, 1.807) is 49.3 Å². The first-order valence-corrected chi connectivity index (χ1v) is 11.1. The van der Waals surface area contributed by atoms with Gasteiger partial charge >= 0.3 is 12.1 Å². The van der Waals surface area contributed by atoms with Gasteiger partial charge in [-0.3, -0.25) is 14.6 Å². The SMILES string of the molecule is COCC(C)(C)C1(N(C)C)NC(NC(=O)c2ccc(F)cc2C(F)(F)F)=C(C(=O)O)N1c1ccccc1. The van der Waals surface area contributed by atoms with Crippen LogP contribution in [0.3, 0.4) is 0 Å². The molecule has 1 amide bonds. The third-order valence-electron chi connectivity index (χ3n) is 6.17. The van der Waals surface area contributed by atoms with Gasteiger partial charge in [-0.05, 0) is 44.4 Å². The zero-order chi connectivity index (χ0) is 27.8. The summed E-state index contributed by atoms with van der Waals surface area (Å²) in [6, 6.07) is 10.1. The molecule has 37 heavy (non-hydrogen) atoms. The Labute approximate surface area is 211 Å². The summed E-state index contributed by atoms with van der Waals surface area (Å²) in [5.41, 5.74) is -3.20. The van der Waals surface area contributed by atoms with Gasteiger partial charge in [0.2, 0.25) is 0 Å². The van der Waals surface area contributed by atoms with Crippen LogP contribution in [0.2, 0.25) is 0 Å². The highest BCUT2D eigenvalue weighted by Crippen LogP contribution is 2.45. The highest BCUT2D eigenvalue weighted by Gasteiger charge is 2.59. The lowest BCUT2D eigenvalue weighted by molar-refractivity contribution is -0.138. The van der Waals surface area contributed by atoms with Crippen LogP contribution < -0.4 is 15.5 Å². The van der Waals surface area contributed by atoms with Gasteiger partial charge in [-0.2, -0.15) is 13.2 Å². The standard InChI is InChI=1S/C25H28F4N4O4/c1-23(2,14-37-5)25(32(3)4)31-20(19(22(35)36)33(25)16-9-7-6-8-10-16)30-21(34)17-12-11-15(26)13-18(17)24(27,28)29/h6-13,31H,14H2,1-5H3,(H,30,34)(H,35,36). The monoisotopic (exact) mass is 524 g/mol. The maximum absolute atomic E-state index is 13.6. The average molecular weight is 525 g/mol. The number of carbonyl (C=O) groups excluding carboxylic acids is 1. The molecule has 1 aliphatic rings. The van der Waals surface area contributed by atoms with E-state index in [1.807, 2.05) is 13.8 Å². The van der Waals surface area contributed by atoms with Crippen molar-refractivity contribution in [3.63, 3.8) is 0 Å². The first-order valence-electron chi connectivity index (χ1n) is 11.1. The predicted octanol–water partition coefficient (Wildman–Crippen LogP) is 3.83. The summed E-state index contributed by atoms with van der Waals surface area (Å²) in [4.78, 5) is 28.9. The van der Waals surface area contributed by atoms with E-state index in [2.05, 4.69) is 10.6 Å². The molecule has 2 aromatic rings. The Morgan fingerprint density at radius 1 is 1.14 bits per heavy atom. The number of alkyl halides is 3. The van der Waals surface area contributed by atoms with Crippen LogP contribution in [0.4, 0.5) is 23.2 Å². The van der Waals surface area contributed by atoms with Crippen molar-refractivity contribution in [3.05, 3.63) is 77.0 Å². The maximum atomic E-state index is 13.6. The second-order valence-corrected chi connectivity index (χ2v) is 9.35. The molecule has 1 atom stereocenters. The fourth-order valence-corrected chi connectivity index (χ4v) is 4.73. The molecule has 200 valence electrons. The molecule has 0 radical (unpaired) electrons. The van der Waals surface area contributed by atoms with E-state index in [4.69, 9.17) is 4.74 Å². The molecule has 0 saturated carbocycles. The van der Waals surface area contributed by atoms with E-state index in [1.165, 1.54) is 12.0 Å². The molecular formula is C25H28F4N4O4. The van der Waals surface area contributed by atoms with Crippen molar-refractivity contribution < 1.29 is 37.0 Å². The number of nitrogens with one attached hydrogen (secondary N) is 2. The summed E-state index contributed by atoms with van der Waals surface area (Å²) in [6.07, 6.45) is -5.02. The second-order valence-electron chi connectivity index (χ2n) is 9.35. The summed E-state index contributed by atoms with van der Waals surface area (Å²) < 4.78 is 59.7. The number of aliphatic carboxylic acids is 1. The normalized spacial score (nSPS) is 18.3. The third-order valence-corrected chi connectivity index (χ3v) is 6.17. The van der Waals surface area contributed by atoms with Gasteiger partial charge in [0.1, 0.15) is 11.6 Å². The number of para-hydroxylation sites is 1. The quantitative estimate of drug-likeness (QED) is 0.452. The minimum absolute atomic E-state index is 0.131. The van der Waals surface area contributed by atoms with Crippen LogP contribution in [0.15, 0.2) is 60.0 Å². The number of ether oxygens (including phenoxy) is 1. The summed E-state index contributed by atoms with van der Waals surface area (Å²) in [5, 5.41) is 15.6. The zero-order valence-electron chi connectivity index (χ0n) is 20.9. The first-order chi connectivity index (χ1) is 17.2. The lowest BCUT2D eigenvalue weighted by atomic mass is 9.83. The molecule has 0 bridgehead atoms. The predicted molar refractivity (Wildman–Crippen MR) is 128 cm³/mol. The fraction of sp³-hybridized carbons (Fsp3) is 0.360. The van der Waals surface area contributed by atoms with E-state index in [9.17, 15) is 32.3 Å². The van der Waals surface area contributed by atoms with Crippen LogP contribution in [0.25, 0.3) is 0 Å². The Hall–Kier alpha value is -3.64. The van der Waals surface area contributed by atoms with Crippen LogP contribution in [0.5, 0.6) is 0 Å². The molecule has 0 fully saturated rings. The molecule has 1 heterocycles. The number of carbonyl (C=O) groups is 2. The fourth-order valence-electron chi connectivity index (χ4n) is 4.73. The van der Waals surface area contributed by atoms with Crippen molar-refractivity contribution in [1.82, 2.24) is 15.5 Å². The van der Waals surface area contributed by atoms with Gasteiger partial charge in [-0.25, -0.2) is 9.18 Å². The number of hydrogen-bond acceptors (Lipinski definition) is 6. The van der Waals surface area contributed by atoms with Crippen LogP contribution >= 0.6 is 0 Å². The second kappa shape index (κ2) is 10.0.